The molecule has 20 heavy (non-hydrogen) atoms. The predicted molar refractivity (Wildman–Crippen MR) is 86.5 cm³/mol. The van der Waals surface area contributed by atoms with Crippen LogP contribution in [0.4, 0.5) is 5.69 Å². The summed E-state index contributed by atoms with van der Waals surface area (Å²) in [6.07, 6.45) is 1.96. The molecule has 0 saturated carbocycles. The number of hydrogen-bond acceptors (Lipinski definition) is 2. The Labute approximate surface area is 121 Å². The first-order valence-corrected chi connectivity index (χ1v) is 7.01. The zero-order valence-corrected chi connectivity index (χ0v) is 13.3. The third-order valence-corrected chi connectivity index (χ3v) is 4.51. The van der Waals surface area contributed by atoms with Gasteiger partial charge in [0.15, 0.2) is 6.29 Å². The highest BCUT2D eigenvalue weighted by atomic mass is 16.1. The molecular weight excluding hydrogens is 246 g/mol. The molecule has 2 nitrogen and oxygen atoms in total. The van der Waals surface area contributed by atoms with Crippen molar-refractivity contribution in [1.82, 2.24) is 0 Å². The fourth-order valence-corrected chi connectivity index (χ4v) is 2.99. The average Bonchev–Trinajstić information content (AvgIpc) is 2.65. The summed E-state index contributed by atoms with van der Waals surface area (Å²) in [7, 11) is 4.01. The van der Waals surface area contributed by atoms with Crippen molar-refractivity contribution in [2.75, 3.05) is 19.0 Å². The molecule has 0 saturated heterocycles. The molecule has 1 aromatic carbocycles. The molecule has 1 aliphatic rings. The first-order valence-electron chi connectivity index (χ1n) is 7.01. The van der Waals surface area contributed by atoms with Crippen LogP contribution in [0.25, 0.3) is 5.57 Å². The van der Waals surface area contributed by atoms with Crippen LogP contribution in [0.2, 0.25) is 0 Å². The van der Waals surface area contributed by atoms with Gasteiger partial charge in [-0.25, -0.2) is 0 Å². The van der Waals surface area contributed by atoms with Crippen molar-refractivity contribution in [3.05, 3.63) is 45.5 Å². The van der Waals surface area contributed by atoms with Gasteiger partial charge in [-0.2, -0.15) is 0 Å². The fourth-order valence-electron chi connectivity index (χ4n) is 2.99. The summed E-state index contributed by atoms with van der Waals surface area (Å²) in [4.78, 5) is 13.6. The molecule has 0 unspecified atom stereocenters. The summed E-state index contributed by atoms with van der Waals surface area (Å²) in [6.45, 7) is 8.53. The van der Waals surface area contributed by atoms with Crippen molar-refractivity contribution in [1.29, 1.82) is 0 Å². The number of benzene rings is 1. The number of carbonyl (C=O) groups excluding carboxylic acids is 1. The molecule has 0 N–H and O–H groups in total. The molecule has 0 aliphatic heterocycles. The zero-order chi connectivity index (χ0) is 15.0. The summed E-state index contributed by atoms with van der Waals surface area (Å²) in [6, 6.07) is 4.21. The van der Waals surface area contributed by atoms with Gasteiger partial charge < -0.3 is 4.90 Å². The van der Waals surface area contributed by atoms with Crippen LogP contribution in [0.3, 0.4) is 0 Å². The molecular formula is C18H23NO. The maximum atomic E-state index is 11.6. The van der Waals surface area contributed by atoms with Gasteiger partial charge in [0.05, 0.1) is 0 Å². The van der Waals surface area contributed by atoms with Crippen LogP contribution in [-0.2, 0) is 0 Å². The molecule has 2 rings (SSSR count). The Balaban J connectivity index is 2.61. The quantitative estimate of drug-likeness (QED) is 0.759. The first-order chi connectivity index (χ1) is 9.38. The number of carbonyl (C=O) groups is 1. The Kier molecular flexibility index (Phi) is 3.85. The third-order valence-electron chi connectivity index (χ3n) is 4.51. The Morgan fingerprint density at radius 2 is 1.70 bits per heavy atom. The average molecular weight is 269 g/mol. The number of hydrogen-bond donors (Lipinski definition) is 0. The van der Waals surface area contributed by atoms with Crippen molar-refractivity contribution in [3.63, 3.8) is 0 Å². The third kappa shape index (κ3) is 2.20. The van der Waals surface area contributed by atoms with E-state index in [1.165, 1.54) is 22.3 Å². The minimum Gasteiger partial charge on any atom is -0.377 e. The number of aldehydes is 1. The van der Waals surface area contributed by atoms with E-state index in [4.69, 9.17) is 0 Å². The second kappa shape index (κ2) is 5.28. The minimum absolute atomic E-state index is 0.827. The van der Waals surface area contributed by atoms with Crippen molar-refractivity contribution >= 4 is 17.5 Å². The van der Waals surface area contributed by atoms with Gasteiger partial charge in [0, 0.05) is 25.3 Å². The molecule has 0 bridgehead atoms. The van der Waals surface area contributed by atoms with E-state index in [0.29, 0.717) is 0 Å². The van der Waals surface area contributed by atoms with E-state index in [0.717, 1.165) is 35.1 Å². The molecule has 0 radical (unpaired) electrons. The zero-order valence-electron chi connectivity index (χ0n) is 13.3. The van der Waals surface area contributed by atoms with Gasteiger partial charge in [-0.3, -0.25) is 4.79 Å². The maximum absolute atomic E-state index is 11.6. The lowest BCUT2D eigenvalue weighted by atomic mass is 9.92. The van der Waals surface area contributed by atoms with E-state index in [1.807, 2.05) is 21.0 Å². The van der Waals surface area contributed by atoms with Crippen molar-refractivity contribution in [3.8, 4) is 0 Å². The molecule has 0 amide bonds. The number of anilines is 1. The first kappa shape index (κ1) is 14.6. The predicted octanol–water partition coefficient (Wildman–Crippen LogP) is 4.39. The highest BCUT2D eigenvalue weighted by molar-refractivity contribution is 5.92. The van der Waals surface area contributed by atoms with Crippen molar-refractivity contribution < 1.29 is 4.79 Å². The highest BCUT2D eigenvalue weighted by Gasteiger charge is 2.21. The molecule has 0 fully saturated rings. The Morgan fingerprint density at radius 1 is 1.05 bits per heavy atom. The summed E-state index contributed by atoms with van der Waals surface area (Å²) in [5.41, 5.74) is 9.48. The Morgan fingerprint density at radius 3 is 2.15 bits per heavy atom. The van der Waals surface area contributed by atoms with E-state index in [9.17, 15) is 4.79 Å². The van der Waals surface area contributed by atoms with Crippen LogP contribution >= 0.6 is 0 Å². The molecule has 2 heteroatoms. The van der Waals surface area contributed by atoms with Gasteiger partial charge in [-0.05, 0) is 68.0 Å². The summed E-state index contributed by atoms with van der Waals surface area (Å²) >= 11 is 0. The van der Waals surface area contributed by atoms with E-state index in [1.54, 1.807) is 0 Å². The molecule has 0 heterocycles. The molecule has 1 aromatic rings. The van der Waals surface area contributed by atoms with Gasteiger partial charge in [-0.15, -0.1) is 0 Å². The molecule has 0 atom stereocenters. The topological polar surface area (TPSA) is 20.3 Å². The SMILES string of the molecule is CC1=C(C)C(C)=C(c2ccc(N(C)C)c(C)c2C=O)C1. The van der Waals surface area contributed by atoms with Gasteiger partial charge in [0.1, 0.15) is 0 Å². The summed E-state index contributed by atoms with van der Waals surface area (Å²) < 4.78 is 0. The van der Waals surface area contributed by atoms with Gasteiger partial charge in [-0.1, -0.05) is 11.6 Å². The fraction of sp³-hybridized carbons (Fsp3) is 0.389. The largest absolute Gasteiger partial charge is 0.377 e. The normalized spacial score (nSPS) is 15.1. The smallest absolute Gasteiger partial charge is 0.151 e. The lowest BCUT2D eigenvalue weighted by Gasteiger charge is -2.19. The van der Waals surface area contributed by atoms with Crippen LogP contribution in [0.5, 0.6) is 0 Å². The minimum atomic E-state index is 0.827. The number of nitrogens with zero attached hydrogens (tertiary/aromatic N) is 1. The standard InChI is InChI=1S/C18H23NO/c1-11-9-16(13(3)12(11)2)15-7-8-18(19(5)6)14(4)17(15)10-20/h7-8,10H,9H2,1-6H3. The van der Waals surface area contributed by atoms with Crippen LogP contribution in [0.15, 0.2) is 28.9 Å². The van der Waals surface area contributed by atoms with Gasteiger partial charge >= 0.3 is 0 Å². The number of allylic oxidation sites excluding steroid dienone is 4. The van der Waals surface area contributed by atoms with Crippen molar-refractivity contribution in [2.24, 2.45) is 0 Å². The Bertz CT molecular complexity index is 633. The highest BCUT2D eigenvalue weighted by Crippen LogP contribution is 2.40. The van der Waals surface area contributed by atoms with Crippen LogP contribution in [0, 0.1) is 6.92 Å². The second-order valence-corrected chi connectivity index (χ2v) is 5.87. The molecule has 1 aliphatic carbocycles. The van der Waals surface area contributed by atoms with E-state index in [-0.39, 0.29) is 0 Å². The van der Waals surface area contributed by atoms with Crippen LogP contribution < -0.4 is 4.90 Å². The van der Waals surface area contributed by atoms with Crippen LogP contribution in [-0.4, -0.2) is 20.4 Å². The summed E-state index contributed by atoms with van der Waals surface area (Å²) in [5, 5.41) is 0. The molecule has 0 aromatic heterocycles. The maximum Gasteiger partial charge on any atom is 0.151 e. The lowest BCUT2D eigenvalue weighted by molar-refractivity contribution is 0.112. The Hall–Kier alpha value is -1.83. The monoisotopic (exact) mass is 269 g/mol. The second-order valence-electron chi connectivity index (χ2n) is 5.87. The summed E-state index contributed by atoms with van der Waals surface area (Å²) in [5.74, 6) is 0. The molecule has 0 spiro atoms. The lowest BCUT2D eigenvalue weighted by Crippen LogP contribution is -2.12. The van der Waals surface area contributed by atoms with E-state index < -0.39 is 0 Å². The van der Waals surface area contributed by atoms with Gasteiger partial charge in [0.2, 0.25) is 0 Å². The van der Waals surface area contributed by atoms with E-state index >= 15 is 0 Å². The van der Waals surface area contributed by atoms with Crippen molar-refractivity contribution in [2.45, 2.75) is 34.1 Å². The number of rotatable bonds is 3. The van der Waals surface area contributed by atoms with Crippen LogP contribution in [0.1, 0.15) is 48.7 Å². The van der Waals surface area contributed by atoms with E-state index in [2.05, 4.69) is 37.8 Å². The van der Waals surface area contributed by atoms with Gasteiger partial charge in [0.25, 0.3) is 0 Å². The molecule has 106 valence electrons.